The van der Waals surface area contributed by atoms with Crippen molar-refractivity contribution in [2.24, 2.45) is 0 Å². The first-order chi connectivity index (χ1) is 15.1. The lowest BCUT2D eigenvalue weighted by Crippen LogP contribution is -2.22. The Labute approximate surface area is 184 Å². The maximum atomic E-state index is 12.6. The quantitative estimate of drug-likeness (QED) is 0.439. The number of nitrogens with zero attached hydrogens (tertiary/aromatic N) is 1. The molecule has 2 N–H and O–H groups in total. The first kappa shape index (κ1) is 20.6. The second kappa shape index (κ2) is 9.40. The largest absolute Gasteiger partial charge is 0.459 e. The topological polar surface area (TPSA) is 84.2 Å². The predicted molar refractivity (Wildman–Crippen MR) is 120 cm³/mol. The summed E-state index contributed by atoms with van der Waals surface area (Å²) in [7, 11) is 0. The summed E-state index contributed by atoms with van der Waals surface area (Å²) >= 11 is 1.43. The number of hydrogen-bond donors (Lipinski definition) is 2. The highest BCUT2D eigenvalue weighted by atomic mass is 32.1. The summed E-state index contributed by atoms with van der Waals surface area (Å²) in [5.74, 6) is -0.189. The zero-order valence-electron chi connectivity index (χ0n) is 16.9. The highest BCUT2D eigenvalue weighted by Crippen LogP contribution is 2.21. The van der Waals surface area contributed by atoms with Crippen molar-refractivity contribution in [3.63, 3.8) is 0 Å². The molecule has 2 heterocycles. The molecule has 4 aromatic rings. The van der Waals surface area contributed by atoms with Crippen LogP contribution in [-0.4, -0.2) is 16.8 Å². The molecule has 156 valence electrons. The van der Waals surface area contributed by atoms with E-state index in [1.807, 2.05) is 37.3 Å². The molecule has 2 aromatic carbocycles. The fraction of sp³-hybridized carbons (Fsp3) is 0.125. The summed E-state index contributed by atoms with van der Waals surface area (Å²) in [6.07, 6.45) is 2.17. The van der Waals surface area contributed by atoms with Gasteiger partial charge in [0, 0.05) is 18.7 Å². The summed E-state index contributed by atoms with van der Waals surface area (Å²) in [6.45, 7) is 2.24. The number of aryl methyl sites for hydroxylation is 1. The van der Waals surface area contributed by atoms with Gasteiger partial charge >= 0.3 is 0 Å². The number of thiazole rings is 1. The van der Waals surface area contributed by atoms with Gasteiger partial charge in [0.2, 0.25) is 0 Å². The molecule has 0 unspecified atom stereocenters. The van der Waals surface area contributed by atoms with E-state index in [1.165, 1.54) is 23.2 Å². The van der Waals surface area contributed by atoms with Crippen molar-refractivity contribution in [3.05, 3.63) is 105 Å². The molecular weight excluding hydrogens is 410 g/mol. The standard InChI is InChI=1S/C24H21N3O3S/c1-16-22(31-21(26-16)14-17-6-3-2-4-7-17)24(29)25-15-18-9-11-19(12-10-18)27-23(28)20-8-5-13-30-20/h2-13H,14-15H2,1H3,(H,25,29)(H,27,28). The number of carbonyl (C=O) groups is 2. The number of anilines is 1. The van der Waals surface area contributed by atoms with Gasteiger partial charge in [0.25, 0.3) is 11.8 Å². The molecule has 0 fully saturated rings. The number of hydrogen-bond acceptors (Lipinski definition) is 5. The smallest absolute Gasteiger partial charge is 0.291 e. The maximum Gasteiger partial charge on any atom is 0.291 e. The van der Waals surface area contributed by atoms with Gasteiger partial charge < -0.3 is 15.1 Å². The van der Waals surface area contributed by atoms with Crippen LogP contribution in [0.5, 0.6) is 0 Å². The van der Waals surface area contributed by atoms with Crippen molar-refractivity contribution in [1.29, 1.82) is 0 Å². The van der Waals surface area contributed by atoms with Crippen LogP contribution in [0.1, 0.15) is 42.1 Å². The molecule has 2 aromatic heterocycles. The van der Waals surface area contributed by atoms with Crippen LogP contribution >= 0.6 is 11.3 Å². The molecule has 0 bridgehead atoms. The van der Waals surface area contributed by atoms with E-state index in [2.05, 4.69) is 27.8 Å². The summed E-state index contributed by atoms with van der Waals surface area (Å²) in [5, 5.41) is 6.63. The third-order valence-corrected chi connectivity index (χ3v) is 5.81. The van der Waals surface area contributed by atoms with Crippen LogP contribution in [-0.2, 0) is 13.0 Å². The summed E-state index contributed by atoms with van der Waals surface area (Å²) in [5.41, 5.74) is 3.49. The average Bonchev–Trinajstić information content (AvgIpc) is 3.44. The van der Waals surface area contributed by atoms with Gasteiger partial charge in [-0.05, 0) is 42.3 Å². The van der Waals surface area contributed by atoms with Crippen LogP contribution in [0, 0.1) is 6.92 Å². The number of carbonyl (C=O) groups excluding carboxylic acids is 2. The normalized spacial score (nSPS) is 10.6. The van der Waals surface area contributed by atoms with E-state index in [-0.39, 0.29) is 17.6 Å². The van der Waals surface area contributed by atoms with Crippen molar-refractivity contribution in [2.75, 3.05) is 5.32 Å². The number of aromatic nitrogens is 1. The van der Waals surface area contributed by atoms with E-state index < -0.39 is 0 Å². The zero-order valence-corrected chi connectivity index (χ0v) is 17.7. The molecule has 2 amide bonds. The molecule has 0 radical (unpaired) electrons. The average molecular weight is 432 g/mol. The lowest BCUT2D eigenvalue weighted by atomic mass is 10.2. The summed E-state index contributed by atoms with van der Waals surface area (Å²) < 4.78 is 5.08. The molecule has 0 aliphatic carbocycles. The van der Waals surface area contributed by atoms with E-state index in [9.17, 15) is 9.59 Å². The van der Waals surface area contributed by atoms with Gasteiger partial charge in [-0.15, -0.1) is 11.3 Å². The number of benzene rings is 2. The number of furan rings is 1. The van der Waals surface area contributed by atoms with Crippen molar-refractivity contribution < 1.29 is 14.0 Å². The third kappa shape index (κ3) is 5.26. The molecule has 4 rings (SSSR count). The fourth-order valence-corrected chi connectivity index (χ4v) is 4.09. The minimum Gasteiger partial charge on any atom is -0.459 e. The van der Waals surface area contributed by atoms with Crippen molar-refractivity contribution in [2.45, 2.75) is 19.9 Å². The van der Waals surface area contributed by atoms with E-state index in [0.29, 0.717) is 23.5 Å². The third-order valence-electron chi connectivity index (χ3n) is 4.66. The molecule has 0 atom stereocenters. The van der Waals surface area contributed by atoms with E-state index in [4.69, 9.17) is 4.42 Å². The Bertz CT molecular complexity index is 1170. The van der Waals surface area contributed by atoms with Crippen molar-refractivity contribution in [1.82, 2.24) is 10.3 Å². The van der Waals surface area contributed by atoms with E-state index in [1.54, 1.807) is 24.3 Å². The highest BCUT2D eigenvalue weighted by Gasteiger charge is 2.15. The van der Waals surface area contributed by atoms with Gasteiger partial charge in [0.15, 0.2) is 5.76 Å². The van der Waals surface area contributed by atoms with E-state index in [0.717, 1.165) is 16.3 Å². The molecule has 31 heavy (non-hydrogen) atoms. The van der Waals surface area contributed by atoms with Crippen molar-refractivity contribution >= 4 is 28.8 Å². The van der Waals surface area contributed by atoms with Gasteiger partial charge in [-0.1, -0.05) is 42.5 Å². The molecule has 7 heteroatoms. The molecule has 0 saturated heterocycles. The van der Waals surface area contributed by atoms with Gasteiger partial charge in [-0.2, -0.15) is 0 Å². The van der Waals surface area contributed by atoms with Crippen molar-refractivity contribution in [3.8, 4) is 0 Å². The summed E-state index contributed by atoms with van der Waals surface area (Å²) in [6, 6.07) is 20.6. The minimum atomic E-state index is -0.307. The van der Waals surface area contributed by atoms with Crippen LogP contribution in [0.15, 0.2) is 77.4 Å². The Morgan fingerprint density at radius 2 is 1.71 bits per heavy atom. The number of nitrogens with one attached hydrogen (secondary N) is 2. The van der Waals surface area contributed by atoms with Gasteiger partial charge in [0.1, 0.15) is 4.88 Å². The zero-order chi connectivity index (χ0) is 21.6. The predicted octanol–water partition coefficient (Wildman–Crippen LogP) is 4.82. The van der Waals surface area contributed by atoms with E-state index >= 15 is 0 Å². The van der Waals surface area contributed by atoms with Crippen LogP contribution < -0.4 is 10.6 Å². The number of rotatable bonds is 7. The second-order valence-corrected chi connectivity index (χ2v) is 8.08. The van der Waals surface area contributed by atoms with Gasteiger partial charge in [0.05, 0.1) is 17.0 Å². The minimum absolute atomic E-state index is 0.135. The molecule has 6 nitrogen and oxygen atoms in total. The first-order valence-electron chi connectivity index (χ1n) is 9.81. The van der Waals surface area contributed by atoms with Crippen LogP contribution in [0.4, 0.5) is 5.69 Å². The van der Waals surface area contributed by atoms with Crippen LogP contribution in [0.3, 0.4) is 0 Å². The molecular formula is C24H21N3O3S. The molecule has 0 aliphatic heterocycles. The second-order valence-electron chi connectivity index (χ2n) is 7.00. The Morgan fingerprint density at radius 1 is 0.935 bits per heavy atom. The number of amides is 2. The van der Waals surface area contributed by atoms with Crippen LogP contribution in [0.2, 0.25) is 0 Å². The highest BCUT2D eigenvalue weighted by molar-refractivity contribution is 7.13. The Hall–Kier alpha value is -3.71. The monoisotopic (exact) mass is 431 g/mol. The molecule has 0 spiro atoms. The van der Waals surface area contributed by atoms with Crippen LogP contribution in [0.25, 0.3) is 0 Å². The SMILES string of the molecule is Cc1nc(Cc2ccccc2)sc1C(=O)NCc1ccc(NC(=O)c2ccco2)cc1. The van der Waals surface area contributed by atoms with Gasteiger partial charge in [-0.3, -0.25) is 9.59 Å². The lowest BCUT2D eigenvalue weighted by Gasteiger charge is -2.07. The molecule has 0 aliphatic rings. The van der Waals surface area contributed by atoms with Gasteiger partial charge in [-0.25, -0.2) is 4.98 Å². The Morgan fingerprint density at radius 3 is 2.42 bits per heavy atom. The Kier molecular flexibility index (Phi) is 6.24. The molecule has 0 saturated carbocycles. The fourth-order valence-electron chi connectivity index (χ4n) is 3.08. The first-order valence-corrected chi connectivity index (χ1v) is 10.6. The lowest BCUT2D eigenvalue weighted by molar-refractivity contribution is 0.0953. The summed E-state index contributed by atoms with van der Waals surface area (Å²) in [4.78, 5) is 29.8. The Balaban J connectivity index is 1.33. The maximum absolute atomic E-state index is 12.6.